The molecule has 0 spiro atoms. The molecule has 0 aliphatic rings. The van der Waals surface area contributed by atoms with E-state index in [9.17, 15) is 9.59 Å². The highest BCUT2D eigenvalue weighted by Crippen LogP contribution is 1.99. The van der Waals surface area contributed by atoms with Crippen molar-refractivity contribution in [3.8, 4) is 0 Å². The van der Waals surface area contributed by atoms with E-state index in [-0.39, 0.29) is 6.04 Å². The molecule has 0 bridgehead atoms. The van der Waals surface area contributed by atoms with E-state index >= 15 is 0 Å². The lowest BCUT2D eigenvalue weighted by Gasteiger charge is -2.25. The highest BCUT2D eigenvalue weighted by molar-refractivity contribution is 6.34. The summed E-state index contributed by atoms with van der Waals surface area (Å²) in [5.74, 6) is -0.891. The molecule has 76 valence electrons. The van der Waals surface area contributed by atoms with Crippen molar-refractivity contribution in [2.45, 2.75) is 26.8 Å². The molecule has 0 heterocycles. The van der Waals surface area contributed by atoms with Gasteiger partial charge in [0.05, 0.1) is 0 Å². The van der Waals surface area contributed by atoms with Crippen LogP contribution in [0.4, 0.5) is 0 Å². The van der Waals surface area contributed by atoms with Gasteiger partial charge in [0.1, 0.15) is 0 Å². The number of likely N-dealkylation sites (N-methyl/N-ethyl adjacent to an activating group) is 2. The molecule has 0 unspecified atom stereocenters. The number of carbonyl (C=O) groups excluding carboxylic acids is 2. The first-order valence-corrected chi connectivity index (χ1v) is 4.44. The lowest BCUT2D eigenvalue weighted by molar-refractivity contribution is -0.151. The molecule has 0 aliphatic carbocycles. The summed E-state index contributed by atoms with van der Waals surface area (Å²) < 4.78 is 0. The van der Waals surface area contributed by atoms with Crippen molar-refractivity contribution < 1.29 is 9.59 Å². The first-order valence-electron chi connectivity index (χ1n) is 4.44. The summed E-state index contributed by atoms with van der Waals surface area (Å²) >= 11 is 0. The summed E-state index contributed by atoms with van der Waals surface area (Å²) in [6, 6.07) is 0.0707. The lowest BCUT2D eigenvalue weighted by atomic mass is 10.3. The van der Waals surface area contributed by atoms with E-state index in [1.54, 1.807) is 19.0 Å². The third-order valence-electron chi connectivity index (χ3n) is 1.81. The highest BCUT2D eigenvalue weighted by Gasteiger charge is 2.23. The standard InChI is InChI=1S/C9H18N2O2/c1-6-11(7(2)3)9(13)8(12)10(4)5/h7H,6H2,1-5H3. The monoisotopic (exact) mass is 186 g/mol. The van der Waals surface area contributed by atoms with Gasteiger partial charge in [0.15, 0.2) is 0 Å². The number of rotatable bonds is 2. The fourth-order valence-electron chi connectivity index (χ4n) is 1.06. The molecule has 0 aromatic rings. The van der Waals surface area contributed by atoms with Crippen molar-refractivity contribution in [2.75, 3.05) is 20.6 Å². The summed E-state index contributed by atoms with van der Waals surface area (Å²) in [5.41, 5.74) is 0. The van der Waals surface area contributed by atoms with Crippen molar-refractivity contribution in [1.82, 2.24) is 9.80 Å². The Kier molecular flexibility index (Phi) is 4.45. The van der Waals surface area contributed by atoms with E-state index in [0.29, 0.717) is 6.54 Å². The SMILES string of the molecule is CCN(C(=O)C(=O)N(C)C)C(C)C. The van der Waals surface area contributed by atoms with E-state index in [4.69, 9.17) is 0 Å². The van der Waals surface area contributed by atoms with E-state index < -0.39 is 11.8 Å². The first kappa shape index (κ1) is 11.9. The molecule has 0 aliphatic heterocycles. The van der Waals surface area contributed by atoms with Gasteiger partial charge in [-0.1, -0.05) is 0 Å². The van der Waals surface area contributed by atoms with Crippen LogP contribution in [0.1, 0.15) is 20.8 Å². The largest absolute Gasteiger partial charge is 0.341 e. The molecule has 0 radical (unpaired) electrons. The van der Waals surface area contributed by atoms with Gasteiger partial charge in [0.25, 0.3) is 0 Å². The van der Waals surface area contributed by atoms with Crippen molar-refractivity contribution in [3.05, 3.63) is 0 Å². The Labute approximate surface area is 79.5 Å². The third-order valence-corrected chi connectivity index (χ3v) is 1.81. The average molecular weight is 186 g/mol. The van der Waals surface area contributed by atoms with Crippen LogP contribution in [0.2, 0.25) is 0 Å². The molecular formula is C9H18N2O2. The van der Waals surface area contributed by atoms with E-state index in [0.717, 1.165) is 0 Å². The van der Waals surface area contributed by atoms with Crippen molar-refractivity contribution in [3.63, 3.8) is 0 Å². The predicted octanol–water partition coefficient (Wildman–Crippen LogP) is 0.331. The Morgan fingerprint density at radius 1 is 1.15 bits per heavy atom. The Balaban J connectivity index is 4.47. The van der Waals surface area contributed by atoms with Gasteiger partial charge < -0.3 is 9.80 Å². The van der Waals surface area contributed by atoms with Crippen LogP contribution < -0.4 is 0 Å². The van der Waals surface area contributed by atoms with Gasteiger partial charge in [-0.25, -0.2) is 0 Å². The van der Waals surface area contributed by atoms with Crippen LogP contribution in [0.3, 0.4) is 0 Å². The van der Waals surface area contributed by atoms with E-state index in [2.05, 4.69) is 0 Å². The minimum absolute atomic E-state index is 0.0707. The summed E-state index contributed by atoms with van der Waals surface area (Å²) in [6.07, 6.45) is 0. The summed E-state index contributed by atoms with van der Waals surface area (Å²) in [6.45, 7) is 6.21. The van der Waals surface area contributed by atoms with Crippen LogP contribution in [0.25, 0.3) is 0 Å². The second-order valence-electron chi connectivity index (χ2n) is 3.38. The van der Waals surface area contributed by atoms with Gasteiger partial charge in [-0.05, 0) is 20.8 Å². The van der Waals surface area contributed by atoms with Crippen LogP contribution in [0, 0.1) is 0 Å². The number of amides is 2. The number of hydrogen-bond donors (Lipinski definition) is 0. The van der Waals surface area contributed by atoms with Crippen LogP contribution >= 0.6 is 0 Å². The second kappa shape index (κ2) is 4.84. The molecule has 0 aromatic heterocycles. The molecule has 0 saturated carbocycles. The number of carbonyl (C=O) groups is 2. The second-order valence-corrected chi connectivity index (χ2v) is 3.38. The Morgan fingerprint density at radius 2 is 1.62 bits per heavy atom. The van der Waals surface area contributed by atoms with Crippen molar-refractivity contribution >= 4 is 11.8 Å². The van der Waals surface area contributed by atoms with Gasteiger partial charge in [0.2, 0.25) is 0 Å². The zero-order valence-corrected chi connectivity index (χ0v) is 9.00. The van der Waals surface area contributed by atoms with Crippen LogP contribution in [0.15, 0.2) is 0 Å². The number of nitrogens with zero attached hydrogens (tertiary/aromatic N) is 2. The van der Waals surface area contributed by atoms with Crippen molar-refractivity contribution in [1.29, 1.82) is 0 Å². The molecule has 4 nitrogen and oxygen atoms in total. The van der Waals surface area contributed by atoms with Gasteiger partial charge in [-0.15, -0.1) is 0 Å². The van der Waals surface area contributed by atoms with Gasteiger partial charge in [0, 0.05) is 26.7 Å². The van der Waals surface area contributed by atoms with Gasteiger partial charge in [-0.3, -0.25) is 9.59 Å². The maximum absolute atomic E-state index is 11.5. The summed E-state index contributed by atoms with van der Waals surface area (Å²) in [7, 11) is 3.16. The Morgan fingerprint density at radius 3 is 1.85 bits per heavy atom. The zero-order valence-electron chi connectivity index (χ0n) is 9.00. The molecule has 0 saturated heterocycles. The van der Waals surface area contributed by atoms with Crippen LogP contribution in [0.5, 0.6) is 0 Å². The topological polar surface area (TPSA) is 40.6 Å². The van der Waals surface area contributed by atoms with E-state index in [1.807, 2.05) is 20.8 Å². The minimum Gasteiger partial charge on any atom is -0.341 e. The quantitative estimate of drug-likeness (QED) is 0.583. The normalized spacial score (nSPS) is 10.0. The third kappa shape index (κ3) is 3.05. The Hall–Kier alpha value is -1.06. The maximum atomic E-state index is 11.5. The fourth-order valence-corrected chi connectivity index (χ4v) is 1.06. The predicted molar refractivity (Wildman–Crippen MR) is 51.2 cm³/mol. The molecule has 13 heavy (non-hydrogen) atoms. The van der Waals surface area contributed by atoms with Crippen molar-refractivity contribution in [2.24, 2.45) is 0 Å². The molecule has 0 aromatic carbocycles. The molecule has 0 fully saturated rings. The molecule has 0 N–H and O–H groups in total. The van der Waals surface area contributed by atoms with Gasteiger partial charge in [-0.2, -0.15) is 0 Å². The fraction of sp³-hybridized carbons (Fsp3) is 0.778. The smallest absolute Gasteiger partial charge is 0.312 e. The van der Waals surface area contributed by atoms with Crippen LogP contribution in [-0.2, 0) is 9.59 Å². The lowest BCUT2D eigenvalue weighted by Crippen LogP contribution is -2.45. The van der Waals surface area contributed by atoms with Crippen LogP contribution in [-0.4, -0.2) is 48.3 Å². The maximum Gasteiger partial charge on any atom is 0.312 e. The molecule has 2 amide bonds. The molecular weight excluding hydrogens is 168 g/mol. The summed E-state index contributed by atoms with van der Waals surface area (Å²) in [4.78, 5) is 25.6. The number of hydrogen-bond acceptors (Lipinski definition) is 2. The first-order chi connectivity index (χ1) is 5.91. The zero-order chi connectivity index (χ0) is 10.6. The molecule has 0 rings (SSSR count). The molecule has 4 heteroatoms. The summed E-state index contributed by atoms with van der Waals surface area (Å²) in [5, 5.41) is 0. The highest BCUT2D eigenvalue weighted by atomic mass is 16.2. The molecule has 0 atom stereocenters. The van der Waals surface area contributed by atoms with E-state index in [1.165, 1.54) is 4.90 Å². The average Bonchev–Trinajstić information content (AvgIpc) is 2.03. The minimum atomic E-state index is -0.462. The van der Waals surface area contributed by atoms with Gasteiger partial charge >= 0.3 is 11.8 Å². The Bertz CT molecular complexity index is 200.